The van der Waals surface area contributed by atoms with E-state index in [1.807, 2.05) is 23.2 Å². The highest BCUT2D eigenvalue weighted by Gasteiger charge is 2.24. The molecule has 0 saturated heterocycles. The summed E-state index contributed by atoms with van der Waals surface area (Å²) in [6.07, 6.45) is 8.35. The van der Waals surface area contributed by atoms with Crippen molar-refractivity contribution in [3.8, 4) is 0 Å². The Morgan fingerprint density at radius 3 is 2.89 bits per heavy atom. The standard InChI is InChI=1S/C14H17N3O2/c1-2-19-14(18)12-4-3-9-17(13(12)15)10-11-5-7-16-8-6-11/h3-9,13H,2,10,15H2,1H3. The lowest BCUT2D eigenvalue weighted by atomic mass is 10.1. The van der Waals surface area contributed by atoms with Crippen LogP contribution in [0, 0.1) is 0 Å². The number of pyridine rings is 1. The van der Waals surface area contributed by atoms with Gasteiger partial charge in [-0.05, 0) is 36.8 Å². The smallest absolute Gasteiger partial charge is 0.337 e. The highest BCUT2D eigenvalue weighted by Crippen LogP contribution is 2.17. The van der Waals surface area contributed by atoms with E-state index in [9.17, 15) is 4.79 Å². The van der Waals surface area contributed by atoms with Crippen LogP contribution in [0.1, 0.15) is 12.5 Å². The zero-order valence-corrected chi connectivity index (χ0v) is 10.8. The Kier molecular flexibility index (Phi) is 4.30. The third-order valence-corrected chi connectivity index (χ3v) is 2.85. The number of nitrogens with zero attached hydrogens (tertiary/aromatic N) is 2. The van der Waals surface area contributed by atoms with Gasteiger partial charge in [0.05, 0.1) is 12.2 Å². The lowest BCUT2D eigenvalue weighted by Gasteiger charge is -2.30. The average molecular weight is 259 g/mol. The fourth-order valence-electron chi connectivity index (χ4n) is 1.88. The van der Waals surface area contributed by atoms with Crippen LogP contribution in [0.3, 0.4) is 0 Å². The molecular formula is C14H17N3O2. The van der Waals surface area contributed by atoms with Crippen LogP contribution >= 0.6 is 0 Å². The fraction of sp³-hybridized carbons (Fsp3) is 0.286. The van der Waals surface area contributed by atoms with Gasteiger partial charge in [0.25, 0.3) is 0 Å². The lowest BCUT2D eigenvalue weighted by molar-refractivity contribution is -0.139. The van der Waals surface area contributed by atoms with Crippen molar-refractivity contribution in [3.05, 3.63) is 54.0 Å². The topological polar surface area (TPSA) is 68.5 Å². The van der Waals surface area contributed by atoms with Gasteiger partial charge >= 0.3 is 5.97 Å². The molecule has 5 nitrogen and oxygen atoms in total. The number of aromatic nitrogens is 1. The first kappa shape index (κ1) is 13.3. The van der Waals surface area contributed by atoms with Crippen LogP contribution in [-0.4, -0.2) is 28.6 Å². The number of hydrogen-bond acceptors (Lipinski definition) is 5. The maximum Gasteiger partial charge on any atom is 0.337 e. The zero-order valence-electron chi connectivity index (χ0n) is 10.8. The second-order valence-corrected chi connectivity index (χ2v) is 4.16. The Morgan fingerprint density at radius 1 is 1.47 bits per heavy atom. The first-order valence-electron chi connectivity index (χ1n) is 6.18. The molecule has 1 atom stereocenters. The molecule has 0 saturated carbocycles. The van der Waals surface area contributed by atoms with Gasteiger partial charge in [-0.3, -0.25) is 4.98 Å². The van der Waals surface area contributed by atoms with Gasteiger partial charge in [0.1, 0.15) is 6.17 Å². The fourth-order valence-corrected chi connectivity index (χ4v) is 1.88. The molecule has 0 amide bonds. The molecule has 0 fully saturated rings. The molecular weight excluding hydrogens is 242 g/mol. The van der Waals surface area contributed by atoms with Crippen molar-refractivity contribution in [2.24, 2.45) is 5.73 Å². The van der Waals surface area contributed by atoms with Crippen LogP contribution in [-0.2, 0) is 16.1 Å². The molecule has 2 heterocycles. The summed E-state index contributed by atoms with van der Waals surface area (Å²) in [6.45, 7) is 2.74. The van der Waals surface area contributed by atoms with E-state index in [4.69, 9.17) is 10.5 Å². The Labute approximate surface area is 112 Å². The molecule has 100 valence electrons. The van der Waals surface area contributed by atoms with Gasteiger partial charge in [0.2, 0.25) is 0 Å². The average Bonchev–Trinajstić information content (AvgIpc) is 2.42. The number of nitrogens with two attached hydrogens (primary N) is 1. The first-order valence-corrected chi connectivity index (χ1v) is 6.18. The summed E-state index contributed by atoms with van der Waals surface area (Å²) < 4.78 is 4.99. The predicted octanol–water partition coefficient (Wildman–Crippen LogP) is 1.19. The monoisotopic (exact) mass is 259 g/mol. The molecule has 0 bridgehead atoms. The number of carbonyl (C=O) groups is 1. The third kappa shape index (κ3) is 3.20. The minimum absolute atomic E-state index is 0.344. The number of esters is 1. The van der Waals surface area contributed by atoms with Crippen LogP contribution in [0.4, 0.5) is 0 Å². The van der Waals surface area contributed by atoms with E-state index in [1.54, 1.807) is 31.5 Å². The number of rotatable bonds is 4. The highest BCUT2D eigenvalue weighted by atomic mass is 16.5. The summed E-state index contributed by atoms with van der Waals surface area (Å²) in [7, 11) is 0. The molecule has 2 N–H and O–H groups in total. The molecule has 0 aliphatic carbocycles. The van der Waals surface area contributed by atoms with E-state index < -0.39 is 6.17 Å². The molecule has 1 aromatic heterocycles. The van der Waals surface area contributed by atoms with Gasteiger partial charge in [-0.1, -0.05) is 0 Å². The summed E-state index contributed by atoms with van der Waals surface area (Å²) in [5, 5.41) is 0. The molecule has 0 aromatic carbocycles. The summed E-state index contributed by atoms with van der Waals surface area (Å²) in [4.78, 5) is 17.6. The van der Waals surface area contributed by atoms with Crippen molar-refractivity contribution >= 4 is 5.97 Å². The number of hydrogen-bond donors (Lipinski definition) is 1. The number of allylic oxidation sites excluding steroid dienone is 2. The Balaban J connectivity index is 2.07. The molecule has 0 spiro atoms. The molecule has 0 radical (unpaired) electrons. The van der Waals surface area contributed by atoms with Crippen molar-refractivity contribution in [2.45, 2.75) is 19.6 Å². The maximum atomic E-state index is 11.8. The van der Waals surface area contributed by atoms with E-state index in [2.05, 4.69) is 4.98 Å². The number of carbonyl (C=O) groups excluding carboxylic acids is 1. The van der Waals surface area contributed by atoms with Gasteiger partial charge in [-0.25, -0.2) is 4.79 Å². The minimum Gasteiger partial charge on any atom is -0.463 e. The van der Waals surface area contributed by atoms with Crippen LogP contribution < -0.4 is 5.73 Å². The maximum absolute atomic E-state index is 11.8. The van der Waals surface area contributed by atoms with Gasteiger partial charge in [-0.15, -0.1) is 0 Å². The molecule has 5 heteroatoms. The van der Waals surface area contributed by atoms with Crippen LogP contribution in [0.2, 0.25) is 0 Å². The second-order valence-electron chi connectivity index (χ2n) is 4.16. The summed E-state index contributed by atoms with van der Waals surface area (Å²) >= 11 is 0. The quantitative estimate of drug-likeness (QED) is 0.822. The minimum atomic E-state index is -0.489. The third-order valence-electron chi connectivity index (χ3n) is 2.85. The molecule has 1 aliphatic rings. The number of ether oxygens (including phenoxy) is 1. The first-order chi connectivity index (χ1) is 9.22. The van der Waals surface area contributed by atoms with Crippen LogP contribution in [0.25, 0.3) is 0 Å². The highest BCUT2D eigenvalue weighted by molar-refractivity contribution is 5.90. The van der Waals surface area contributed by atoms with Gasteiger partial charge < -0.3 is 15.4 Å². The normalized spacial score (nSPS) is 18.1. The van der Waals surface area contributed by atoms with Crippen LogP contribution in [0.5, 0.6) is 0 Å². The van der Waals surface area contributed by atoms with E-state index in [1.165, 1.54) is 0 Å². The van der Waals surface area contributed by atoms with E-state index in [0.29, 0.717) is 18.7 Å². The molecule has 19 heavy (non-hydrogen) atoms. The van der Waals surface area contributed by atoms with E-state index in [0.717, 1.165) is 5.56 Å². The molecule has 1 aromatic rings. The largest absolute Gasteiger partial charge is 0.463 e. The van der Waals surface area contributed by atoms with Crippen LogP contribution in [0.15, 0.2) is 48.5 Å². The Morgan fingerprint density at radius 2 is 2.21 bits per heavy atom. The van der Waals surface area contributed by atoms with Gasteiger partial charge in [0, 0.05) is 25.1 Å². The van der Waals surface area contributed by atoms with Gasteiger partial charge in [0.15, 0.2) is 0 Å². The van der Waals surface area contributed by atoms with Gasteiger partial charge in [-0.2, -0.15) is 0 Å². The zero-order chi connectivity index (χ0) is 13.7. The summed E-state index contributed by atoms with van der Waals surface area (Å²) in [6, 6.07) is 3.84. The lowest BCUT2D eigenvalue weighted by Crippen LogP contribution is -2.43. The van der Waals surface area contributed by atoms with Crippen molar-refractivity contribution in [1.29, 1.82) is 0 Å². The Hall–Kier alpha value is -2.14. The molecule has 1 aliphatic heterocycles. The van der Waals surface area contributed by atoms with E-state index in [-0.39, 0.29) is 5.97 Å². The SMILES string of the molecule is CCOC(=O)C1=CC=CN(Cc2ccncc2)C1N. The Bertz CT molecular complexity index is 497. The van der Waals surface area contributed by atoms with Crippen molar-refractivity contribution in [3.63, 3.8) is 0 Å². The molecule has 1 unspecified atom stereocenters. The van der Waals surface area contributed by atoms with E-state index >= 15 is 0 Å². The van der Waals surface area contributed by atoms with Crippen molar-refractivity contribution < 1.29 is 9.53 Å². The van der Waals surface area contributed by atoms with Crippen molar-refractivity contribution in [1.82, 2.24) is 9.88 Å². The second kappa shape index (κ2) is 6.15. The molecule has 2 rings (SSSR count). The summed E-state index contributed by atoms with van der Waals surface area (Å²) in [5.74, 6) is -0.362. The summed E-state index contributed by atoms with van der Waals surface area (Å²) in [5.41, 5.74) is 7.65. The van der Waals surface area contributed by atoms with Crippen molar-refractivity contribution in [2.75, 3.05) is 6.61 Å². The predicted molar refractivity (Wildman–Crippen MR) is 71.6 cm³/mol.